The molecule has 1 aromatic heterocycles. The zero-order valence-corrected chi connectivity index (χ0v) is 17.4. The van der Waals surface area contributed by atoms with E-state index in [1.54, 1.807) is 12.1 Å². The summed E-state index contributed by atoms with van der Waals surface area (Å²) in [6.45, 7) is 0.993. The van der Waals surface area contributed by atoms with Crippen molar-refractivity contribution in [3.8, 4) is 11.4 Å². The smallest absolute Gasteiger partial charge is 0.270 e. The summed E-state index contributed by atoms with van der Waals surface area (Å²) in [4.78, 5) is 16.6. The van der Waals surface area contributed by atoms with Gasteiger partial charge in [0.25, 0.3) is 5.69 Å². The zero-order valence-electron chi connectivity index (χ0n) is 16.6. The van der Waals surface area contributed by atoms with Gasteiger partial charge in [-0.05, 0) is 31.0 Å². The maximum absolute atomic E-state index is 13.5. The molecule has 0 N–H and O–H groups in total. The molecule has 9 nitrogen and oxygen atoms in total. The number of non-ortho nitro benzene ring substituents is 1. The number of sulfone groups is 1. The molecule has 0 amide bonds. The highest BCUT2D eigenvalue weighted by molar-refractivity contribution is 7.90. The first-order valence-corrected chi connectivity index (χ1v) is 11.4. The van der Waals surface area contributed by atoms with E-state index < -0.39 is 20.6 Å². The number of nitro benzene ring substituents is 1. The molecule has 11 heteroatoms. The summed E-state index contributed by atoms with van der Waals surface area (Å²) in [7, 11) is -3.69. The van der Waals surface area contributed by atoms with Crippen LogP contribution in [0.4, 0.5) is 15.8 Å². The van der Waals surface area contributed by atoms with E-state index in [1.165, 1.54) is 24.3 Å². The van der Waals surface area contributed by atoms with Gasteiger partial charge in [-0.3, -0.25) is 10.1 Å². The van der Waals surface area contributed by atoms with Crippen molar-refractivity contribution in [3.05, 3.63) is 64.3 Å². The number of benzene rings is 2. The molecule has 1 saturated heterocycles. The summed E-state index contributed by atoms with van der Waals surface area (Å²) in [5.41, 5.74) is 0.620. The van der Waals surface area contributed by atoms with Gasteiger partial charge >= 0.3 is 0 Å². The van der Waals surface area contributed by atoms with Gasteiger partial charge in [0.15, 0.2) is 9.84 Å². The molecule has 1 fully saturated rings. The Hall–Kier alpha value is -3.34. The predicted octanol–water partition coefficient (Wildman–Crippen LogP) is 3.57. The van der Waals surface area contributed by atoms with Crippen LogP contribution in [0, 0.1) is 15.9 Å². The second kappa shape index (κ2) is 8.06. The number of halogens is 1. The van der Waals surface area contributed by atoms with Crippen LogP contribution in [0.25, 0.3) is 11.4 Å². The van der Waals surface area contributed by atoms with Crippen molar-refractivity contribution in [2.75, 3.05) is 24.2 Å². The molecule has 3 aromatic rings. The average molecular weight is 446 g/mol. The van der Waals surface area contributed by atoms with Gasteiger partial charge in [-0.2, -0.15) is 4.98 Å². The van der Waals surface area contributed by atoms with E-state index in [-0.39, 0.29) is 22.3 Å². The monoisotopic (exact) mass is 446 g/mol. The zero-order chi connectivity index (χ0) is 22.2. The van der Waals surface area contributed by atoms with Crippen molar-refractivity contribution in [1.82, 2.24) is 10.1 Å². The van der Waals surface area contributed by atoms with Crippen molar-refractivity contribution in [1.29, 1.82) is 0 Å². The van der Waals surface area contributed by atoms with Gasteiger partial charge in [-0.1, -0.05) is 17.3 Å². The molecular formula is C20H19FN4O5S. The van der Waals surface area contributed by atoms with Crippen molar-refractivity contribution in [2.45, 2.75) is 23.7 Å². The summed E-state index contributed by atoms with van der Waals surface area (Å²) in [5, 5.41) is 15.0. The van der Waals surface area contributed by atoms with Gasteiger partial charge in [0.1, 0.15) is 5.82 Å². The second-order valence-corrected chi connectivity index (χ2v) is 9.42. The first-order valence-electron chi connectivity index (χ1n) is 9.55. The normalized spacial score (nSPS) is 17.0. The van der Waals surface area contributed by atoms with E-state index in [0.717, 1.165) is 25.2 Å². The van der Waals surface area contributed by atoms with Crippen LogP contribution in [0.15, 0.2) is 51.9 Å². The Bertz CT molecular complexity index is 1240. The lowest BCUT2D eigenvalue weighted by molar-refractivity contribution is -0.385. The average Bonchev–Trinajstić information content (AvgIpc) is 3.23. The standard InChI is InChI=1S/C20H19FN4O5S/c1-31(28,29)18-11-16(25(26)27)7-8-17(18)24-9-3-5-14(12-24)20-22-19(23-30-20)13-4-2-6-15(21)10-13/h2,4,6-8,10-11,14H,3,5,9,12H2,1H3. The summed E-state index contributed by atoms with van der Waals surface area (Å²) in [6.07, 6.45) is 2.52. The van der Waals surface area contributed by atoms with Crippen molar-refractivity contribution in [2.24, 2.45) is 0 Å². The third kappa shape index (κ3) is 4.41. The van der Waals surface area contributed by atoms with Crippen LogP contribution in [0.5, 0.6) is 0 Å². The maximum Gasteiger partial charge on any atom is 0.270 e. The van der Waals surface area contributed by atoms with Crippen LogP contribution in [0.1, 0.15) is 24.7 Å². The molecule has 2 heterocycles. The minimum absolute atomic E-state index is 0.0895. The van der Waals surface area contributed by atoms with E-state index in [9.17, 15) is 22.9 Å². The Morgan fingerprint density at radius 2 is 2.06 bits per heavy atom. The lowest BCUT2D eigenvalue weighted by Crippen LogP contribution is -2.35. The highest BCUT2D eigenvalue weighted by Gasteiger charge is 2.30. The highest BCUT2D eigenvalue weighted by atomic mass is 32.2. The molecule has 1 aliphatic heterocycles. The minimum atomic E-state index is -3.69. The number of hydrogen-bond acceptors (Lipinski definition) is 8. The number of aromatic nitrogens is 2. The summed E-state index contributed by atoms with van der Waals surface area (Å²) in [6, 6.07) is 9.73. The van der Waals surface area contributed by atoms with Crippen LogP contribution in [0.3, 0.4) is 0 Å². The predicted molar refractivity (Wildman–Crippen MR) is 110 cm³/mol. The second-order valence-electron chi connectivity index (χ2n) is 7.43. The molecule has 162 valence electrons. The number of nitro groups is 1. The Balaban J connectivity index is 1.62. The Morgan fingerprint density at radius 3 is 2.77 bits per heavy atom. The Labute approximate surface area is 177 Å². The number of hydrogen-bond donors (Lipinski definition) is 0. The van der Waals surface area contributed by atoms with E-state index in [0.29, 0.717) is 30.2 Å². The minimum Gasteiger partial charge on any atom is -0.370 e. The van der Waals surface area contributed by atoms with E-state index in [4.69, 9.17) is 4.52 Å². The topological polar surface area (TPSA) is 119 Å². The first-order chi connectivity index (χ1) is 14.7. The number of piperidine rings is 1. The van der Waals surface area contributed by atoms with Gasteiger partial charge in [0, 0.05) is 37.0 Å². The van der Waals surface area contributed by atoms with Crippen LogP contribution >= 0.6 is 0 Å². The summed E-state index contributed by atoms with van der Waals surface area (Å²) in [5.74, 6) is 0.0934. The molecule has 0 bridgehead atoms. The molecular weight excluding hydrogens is 427 g/mol. The fraction of sp³-hybridized carbons (Fsp3) is 0.300. The lowest BCUT2D eigenvalue weighted by Gasteiger charge is -2.33. The number of nitrogens with zero attached hydrogens (tertiary/aromatic N) is 4. The lowest BCUT2D eigenvalue weighted by atomic mass is 9.97. The third-order valence-corrected chi connectivity index (χ3v) is 6.32. The van der Waals surface area contributed by atoms with Crippen LogP contribution in [0.2, 0.25) is 0 Å². The molecule has 31 heavy (non-hydrogen) atoms. The van der Waals surface area contributed by atoms with E-state index in [2.05, 4.69) is 10.1 Å². The van der Waals surface area contributed by atoms with Gasteiger partial charge in [-0.15, -0.1) is 0 Å². The molecule has 0 saturated carbocycles. The van der Waals surface area contributed by atoms with Gasteiger partial charge in [0.2, 0.25) is 11.7 Å². The van der Waals surface area contributed by atoms with Crippen LogP contribution < -0.4 is 4.90 Å². The molecule has 1 unspecified atom stereocenters. The highest BCUT2D eigenvalue weighted by Crippen LogP contribution is 2.35. The fourth-order valence-corrected chi connectivity index (χ4v) is 4.63. The van der Waals surface area contributed by atoms with Gasteiger partial charge in [0.05, 0.1) is 21.4 Å². The number of anilines is 1. The van der Waals surface area contributed by atoms with E-state index >= 15 is 0 Å². The number of rotatable bonds is 5. The Morgan fingerprint density at radius 1 is 1.26 bits per heavy atom. The summed E-state index contributed by atoms with van der Waals surface area (Å²) < 4.78 is 43.5. The van der Waals surface area contributed by atoms with Crippen molar-refractivity contribution < 1.29 is 22.3 Å². The molecule has 0 radical (unpaired) electrons. The molecule has 0 spiro atoms. The fourth-order valence-electron chi connectivity index (χ4n) is 3.72. The maximum atomic E-state index is 13.5. The van der Waals surface area contributed by atoms with E-state index in [1.807, 2.05) is 4.90 Å². The quantitative estimate of drug-likeness (QED) is 0.431. The summed E-state index contributed by atoms with van der Waals surface area (Å²) >= 11 is 0. The third-order valence-electron chi connectivity index (χ3n) is 5.19. The van der Waals surface area contributed by atoms with Gasteiger partial charge < -0.3 is 9.42 Å². The Kier molecular flexibility index (Phi) is 5.44. The SMILES string of the molecule is CS(=O)(=O)c1cc([N+](=O)[O-])ccc1N1CCCC(c2nc(-c3cccc(F)c3)no2)C1. The van der Waals surface area contributed by atoms with Crippen molar-refractivity contribution >= 4 is 21.2 Å². The molecule has 4 rings (SSSR count). The largest absolute Gasteiger partial charge is 0.370 e. The molecule has 0 aliphatic carbocycles. The molecule has 2 aromatic carbocycles. The van der Waals surface area contributed by atoms with Crippen LogP contribution in [-0.2, 0) is 9.84 Å². The molecule has 1 aliphatic rings. The van der Waals surface area contributed by atoms with Gasteiger partial charge in [-0.25, -0.2) is 12.8 Å². The van der Waals surface area contributed by atoms with Crippen molar-refractivity contribution in [3.63, 3.8) is 0 Å². The first kappa shape index (κ1) is 20.9. The molecule has 1 atom stereocenters. The van der Waals surface area contributed by atoms with Crippen LogP contribution in [-0.4, -0.2) is 42.8 Å².